The van der Waals surface area contributed by atoms with Crippen LogP contribution in [0, 0.1) is 6.92 Å². The first-order valence-corrected chi connectivity index (χ1v) is 9.70. The van der Waals surface area contributed by atoms with Gasteiger partial charge in [-0.3, -0.25) is 14.3 Å². The summed E-state index contributed by atoms with van der Waals surface area (Å²) in [6.45, 7) is 7.93. The molecular weight excluding hydrogens is 358 g/mol. The van der Waals surface area contributed by atoms with Crippen molar-refractivity contribution in [2.45, 2.75) is 38.4 Å². The Morgan fingerprint density at radius 3 is 2.52 bits per heavy atom. The van der Waals surface area contributed by atoms with Crippen LogP contribution in [0.4, 0.5) is 0 Å². The van der Waals surface area contributed by atoms with Crippen molar-refractivity contribution >= 4 is 17.7 Å². The fourth-order valence-corrected chi connectivity index (χ4v) is 3.39. The third-order valence-corrected chi connectivity index (χ3v) is 4.66. The molecule has 1 N–H and O–H groups in total. The Balaban J connectivity index is 1.96. The molecule has 0 saturated carbocycles. The van der Waals surface area contributed by atoms with E-state index in [-0.39, 0.29) is 17.2 Å². The van der Waals surface area contributed by atoms with Gasteiger partial charge in [0, 0.05) is 11.7 Å². The number of benzene rings is 1. The fraction of sp³-hybridized carbons (Fsp3) is 0.300. The van der Waals surface area contributed by atoms with Crippen LogP contribution in [0.1, 0.15) is 26.3 Å². The maximum atomic E-state index is 12.2. The summed E-state index contributed by atoms with van der Waals surface area (Å²) < 4.78 is 1.96. The second kappa shape index (κ2) is 7.92. The molecule has 0 saturated heterocycles. The van der Waals surface area contributed by atoms with Gasteiger partial charge < -0.3 is 5.32 Å². The number of rotatable bonds is 5. The maximum Gasteiger partial charge on any atom is 0.230 e. The topological polar surface area (TPSA) is 72.7 Å². The number of aromatic nitrogens is 4. The monoisotopic (exact) mass is 381 g/mol. The molecule has 0 fully saturated rings. The van der Waals surface area contributed by atoms with Gasteiger partial charge >= 0.3 is 0 Å². The number of amides is 1. The van der Waals surface area contributed by atoms with Crippen LogP contribution in [0.5, 0.6) is 0 Å². The van der Waals surface area contributed by atoms with E-state index in [4.69, 9.17) is 0 Å². The lowest BCUT2D eigenvalue weighted by Crippen LogP contribution is -2.41. The zero-order chi connectivity index (χ0) is 19.4. The van der Waals surface area contributed by atoms with E-state index in [2.05, 4.69) is 20.5 Å². The minimum atomic E-state index is -0.263. The van der Waals surface area contributed by atoms with Crippen LogP contribution in [0.2, 0.25) is 0 Å². The van der Waals surface area contributed by atoms with Crippen LogP contribution in [0.3, 0.4) is 0 Å². The third-order valence-electron chi connectivity index (χ3n) is 3.73. The number of hydrogen-bond acceptors (Lipinski definition) is 5. The first-order chi connectivity index (χ1) is 12.8. The standard InChI is InChI=1S/C20H23N5OS/c1-14-9-5-6-11-16(14)25-18(15-10-7-8-12-21-15)23-24-19(25)27-13-17(26)22-20(2,3)4/h5-12H,13H2,1-4H3,(H,22,26). The summed E-state index contributed by atoms with van der Waals surface area (Å²) in [5.41, 5.74) is 2.54. The Kier molecular flexibility index (Phi) is 5.60. The van der Waals surface area contributed by atoms with E-state index >= 15 is 0 Å². The highest BCUT2D eigenvalue weighted by Crippen LogP contribution is 2.28. The highest BCUT2D eigenvalue weighted by molar-refractivity contribution is 7.99. The van der Waals surface area contributed by atoms with Crippen LogP contribution in [0.25, 0.3) is 17.2 Å². The first kappa shape index (κ1) is 19.1. The Labute approximate surface area is 163 Å². The summed E-state index contributed by atoms with van der Waals surface area (Å²) in [5, 5.41) is 12.3. The predicted molar refractivity (Wildman–Crippen MR) is 108 cm³/mol. The molecule has 0 atom stereocenters. The lowest BCUT2D eigenvalue weighted by molar-refractivity contribution is -0.119. The molecule has 6 nitrogen and oxygen atoms in total. The molecule has 1 amide bonds. The Morgan fingerprint density at radius 2 is 1.85 bits per heavy atom. The smallest absolute Gasteiger partial charge is 0.230 e. The third kappa shape index (κ3) is 4.74. The SMILES string of the molecule is Cc1ccccc1-n1c(SCC(=O)NC(C)(C)C)nnc1-c1ccccn1. The molecule has 0 spiro atoms. The molecule has 27 heavy (non-hydrogen) atoms. The average molecular weight is 382 g/mol. The predicted octanol–water partition coefficient (Wildman–Crippen LogP) is 3.64. The molecule has 0 radical (unpaired) electrons. The van der Waals surface area contributed by atoms with E-state index in [0.717, 1.165) is 16.9 Å². The quantitative estimate of drug-likeness (QED) is 0.683. The lowest BCUT2D eigenvalue weighted by Gasteiger charge is -2.20. The number of nitrogens with one attached hydrogen (secondary N) is 1. The number of nitrogens with zero attached hydrogens (tertiary/aromatic N) is 4. The Bertz CT molecular complexity index is 931. The lowest BCUT2D eigenvalue weighted by atomic mass is 10.1. The van der Waals surface area contributed by atoms with Crippen molar-refractivity contribution < 1.29 is 4.79 Å². The van der Waals surface area contributed by atoms with Crippen molar-refractivity contribution in [3.8, 4) is 17.2 Å². The van der Waals surface area contributed by atoms with Crippen molar-refractivity contribution in [2.24, 2.45) is 0 Å². The van der Waals surface area contributed by atoms with E-state index in [1.807, 2.05) is 74.7 Å². The molecular formula is C20H23N5OS. The summed E-state index contributed by atoms with van der Waals surface area (Å²) in [4.78, 5) is 16.6. The van der Waals surface area contributed by atoms with Crippen molar-refractivity contribution in [3.63, 3.8) is 0 Å². The van der Waals surface area contributed by atoms with Gasteiger partial charge in [0.2, 0.25) is 5.91 Å². The molecule has 1 aromatic carbocycles. The van der Waals surface area contributed by atoms with E-state index < -0.39 is 0 Å². The van der Waals surface area contributed by atoms with Crippen molar-refractivity contribution in [3.05, 3.63) is 54.2 Å². The number of para-hydroxylation sites is 1. The molecule has 3 aromatic rings. The minimum Gasteiger partial charge on any atom is -0.351 e. The van der Waals surface area contributed by atoms with Crippen LogP contribution in [-0.2, 0) is 4.79 Å². The van der Waals surface area contributed by atoms with Gasteiger partial charge in [-0.1, -0.05) is 36.0 Å². The molecule has 7 heteroatoms. The van der Waals surface area contributed by atoms with E-state index in [0.29, 0.717) is 11.0 Å². The Morgan fingerprint density at radius 1 is 1.11 bits per heavy atom. The van der Waals surface area contributed by atoms with Gasteiger partial charge in [0.25, 0.3) is 0 Å². The zero-order valence-corrected chi connectivity index (χ0v) is 16.7. The van der Waals surface area contributed by atoms with Crippen LogP contribution in [-0.4, -0.2) is 36.9 Å². The van der Waals surface area contributed by atoms with Crippen molar-refractivity contribution in [2.75, 3.05) is 5.75 Å². The zero-order valence-electron chi connectivity index (χ0n) is 15.9. The number of thioether (sulfide) groups is 1. The number of carbonyl (C=O) groups excluding carboxylic acids is 1. The summed E-state index contributed by atoms with van der Waals surface area (Å²) in [6.07, 6.45) is 1.73. The maximum absolute atomic E-state index is 12.2. The average Bonchev–Trinajstić information content (AvgIpc) is 3.03. The number of pyridine rings is 1. The fourth-order valence-electron chi connectivity index (χ4n) is 2.64. The van der Waals surface area contributed by atoms with Crippen LogP contribution in [0.15, 0.2) is 53.8 Å². The molecule has 0 bridgehead atoms. The highest BCUT2D eigenvalue weighted by Gasteiger charge is 2.20. The van der Waals surface area contributed by atoms with Gasteiger partial charge in [0.05, 0.1) is 11.4 Å². The second-order valence-electron chi connectivity index (χ2n) is 7.23. The summed E-state index contributed by atoms with van der Waals surface area (Å²) >= 11 is 1.36. The van der Waals surface area contributed by atoms with E-state index in [9.17, 15) is 4.79 Å². The second-order valence-corrected chi connectivity index (χ2v) is 8.17. The number of hydrogen-bond donors (Lipinski definition) is 1. The normalized spacial score (nSPS) is 11.4. The first-order valence-electron chi connectivity index (χ1n) is 8.72. The largest absolute Gasteiger partial charge is 0.351 e. The van der Waals surface area contributed by atoms with E-state index in [1.165, 1.54) is 11.8 Å². The Hall–Kier alpha value is -2.67. The molecule has 0 aliphatic carbocycles. The van der Waals surface area contributed by atoms with Crippen molar-refractivity contribution in [1.82, 2.24) is 25.1 Å². The van der Waals surface area contributed by atoms with Crippen molar-refractivity contribution in [1.29, 1.82) is 0 Å². The van der Waals surface area contributed by atoms with Crippen LogP contribution < -0.4 is 5.32 Å². The van der Waals surface area contributed by atoms with Gasteiger partial charge in [0.1, 0.15) is 5.69 Å². The van der Waals surface area contributed by atoms with Gasteiger partial charge in [-0.2, -0.15) is 0 Å². The minimum absolute atomic E-state index is 0.0359. The molecule has 2 aromatic heterocycles. The molecule has 0 unspecified atom stereocenters. The molecule has 140 valence electrons. The van der Waals surface area contributed by atoms with Gasteiger partial charge in [-0.15, -0.1) is 10.2 Å². The van der Waals surface area contributed by atoms with Gasteiger partial charge in [-0.05, 0) is 51.5 Å². The molecule has 0 aliphatic rings. The van der Waals surface area contributed by atoms with E-state index in [1.54, 1.807) is 6.20 Å². The molecule has 3 rings (SSSR count). The van der Waals surface area contributed by atoms with Crippen LogP contribution >= 0.6 is 11.8 Å². The molecule has 2 heterocycles. The van der Waals surface area contributed by atoms with Gasteiger partial charge in [-0.25, -0.2) is 0 Å². The summed E-state index contributed by atoms with van der Waals surface area (Å²) in [7, 11) is 0. The summed E-state index contributed by atoms with van der Waals surface area (Å²) in [6, 6.07) is 13.7. The van der Waals surface area contributed by atoms with Gasteiger partial charge in [0.15, 0.2) is 11.0 Å². The summed E-state index contributed by atoms with van der Waals surface area (Å²) in [5.74, 6) is 0.888. The molecule has 0 aliphatic heterocycles. The number of aryl methyl sites for hydroxylation is 1. The highest BCUT2D eigenvalue weighted by atomic mass is 32.2. The number of carbonyl (C=O) groups is 1.